The van der Waals surface area contributed by atoms with E-state index in [1.54, 1.807) is 0 Å². The normalized spacial score (nSPS) is 20.8. The van der Waals surface area contributed by atoms with Crippen molar-refractivity contribution in [3.8, 4) is 5.06 Å². The molecule has 0 amide bonds. The number of hydrogen-bond donors (Lipinski definition) is 1. The summed E-state index contributed by atoms with van der Waals surface area (Å²) in [6.45, 7) is 0. The molecule has 2 heterocycles. The highest BCUT2D eigenvalue weighted by atomic mass is 35.5. The van der Waals surface area contributed by atoms with E-state index in [-0.39, 0.29) is 31.4 Å². The Hall–Kier alpha value is -1.68. The number of fused-ring (bicyclic) bond motifs is 1. The molecule has 0 fully saturated rings. The van der Waals surface area contributed by atoms with Gasteiger partial charge in [-0.05, 0) is 43.4 Å². The van der Waals surface area contributed by atoms with Gasteiger partial charge in [-0.25, -0.2) is 4.79 Å². The molecule has 31 heavy (non-hydrogen) atoms. The molecule has 166 valence electrons. The average molecular weight is 515 g/mol. The summed E-state index contributed by atoms with van der Waals surface area (Å²) in [5.41, 5.74) is -1.63. The summed E-state index contributed by atoms with van der Waals surface area (Å²) in [4.78, 5) is 16.5. The van der Waals surface area contributed by atoms with E-state index in [0.29, 0.717) is 23.3 Å². The first-order chi connectivity index (χ1) is 14.5. The number of ether oxygens (including phenoxy) is 1. The second-order valence-corrected chi connectivity index (χ2v) is 9.31. The van der Waals surface area contributed by atoms with Crippen LogP contribution in [0.5, 0.6) is 5.06 Å². The number of carbonyl (C=O) groups is 1. The summed E-state index contributed by atoms with van der Waals surface area (Å²) >= 11 is 18.8. The van der Waals surface area contributed by atoms with Gasteiger partial charge in [-0.15, -0.1) is 0 Å². The number of thiophene rings is 1. The number of nitrogens with zero attached hydrogens (tertiary/aromatic N) is 1. The number of oxime groups is 1. The first-order valence-corrected chi connectivity index (χ1v) is 11.0. The fourth-order valence-corrected chi connectivity index (χ4v) is 5.62. The second-order valence-electron chi connectivity index (χ2n) is 7.14. The number of halogens is 6. The maximum Gasteiger partial charge on any atom is 0.512 e. The summed E-state index contributed by atoms with van der Waals surface area (Å²) in [7, 11) is 0. The Bertz CT molecular complexity index is 1080. The standard InChI is InChI=1S/C19H13Cl3F3NO4S/c20-11-5-8(6-12(21)14(11)22)18(19(23,24)25)7-13(26-30-18)15-9-3-1-2-4-10(9)16(31-15)29-17(27)28/h5-6H,1-4,7H2,(H,27,28). The summed E-state index contributed by atoms with van der Waals surface area (Å²) in [6.07, 6.45) is -4.15. The first kappa shape index (κ1) is 22.5. The lowest BCUT2D eigenvalue weighted by Crippen LogP contribution is -2.42. The van der Waals surface area contributed by atoms with Crippen LogP contribution < -0.4 is 4.74 Å². The van der Waals surface area contributed by atoms with Crippen LogP contribution in [0.3, 0.4) is 0 Å². The Morgan fingerprint density at radius 3 is 2.35 bits per heavy atom. The molecule has 0 radical (unpaired) electrons. The number of rotatable bonds is 3. The van der Waals surface area contributed by atoms with Gasteiger partial charge in [-0.3, -0.25) is 0 Å². The van der Waals surface area contributed by atoms with Crippen molar-refractivity contribution in [3.05, 3.63) is 48.8 Å². The van der Waals surface area contributed by atoms with Crippen molar-refractivity contribution in [1.82, 2.24) is 0 Å². The van der Waals surface area contributed by atoms with E-state index in [2.05, 4.69) is 5.16 Å². The van der Waals surface area contributed by atoms with E-state index in [1.807, 2.05) is 0 Å². The number of carboxylic acid groups (broad SMARTS) is 1. The van der Waals surface area contributed by atoms with Crippen molar-refractivity contribution in [3.63, 3.8) is 0 Å². The van der Waals surface area contributed by atoms with Crippen molar-refractivity contribution in [1.29, 1.82) is 0 Å². The average Bonchev–Trinajstić information content (AvgIpc) is 3.28. The van der Waals surface area contributed by atoms with E-state index in [4.69, 9.17) is 49.5 Å². The summed E-state index contributed by atoms with van der Waals surface area (Å²) in [6, 6.07) is 2.12. The zero-order chi connectivity index (χ0) is 22.6. The van der Waals surface area contributed by atoms with Gasteiger partial charge >= 0.3 is 12.3 Å². The van der Waals surface area contributed by atoms with E-state index in [0.717, 1.165) is 41.9 Å². The summed E-state index contributed by atoms with van der Waals surface area (Å²) < 4.78 is 47.6. The van der Waals surface area contributed by atoms with Gasteiger partial charge in [-0.1, -0.05) is 51.3 Å². The van der Waals surface area contributed by atoms with Gasteiger partial charge in [0.2, 0.25) is 0 Å². The zero-order valence-electron chi connectivity index (χ0n) is 15.5. The van der Waals surface area contributed by atoms with Crippen LogP contribution in [0.15, 0.2) is 17.3 Å². The minimum Gasteiger partial charge on any atom is -0.449 e. The molecule has 0 saturated heterocycles. The molecule has 1 aliphatic heterocycles. The van der Waals surface area contributed by atoms with Crippen LogP contribution in [-0.2, 0) is 23.3 Å². The lowest BCUT2D eigenvalue weighted by atomic mass is 9.86. The minimum absolute atomic E-state index is 0.0582. The molecule has 0 spiro atoms. The molecule has 5 nitrogen and oxygen atoms in total. The molecule has 0 bridgehead atoms. The zero-order valence-corrected chi connectivity index (χ0v) is 18.6. The first-order valence-electron chi connectivity index (χ1n) is 9.06. The van der Waals surface area contributed by atoms with Crippen LogP contribution in [-0.4, -0.2) is 23.1 Å². The van der Waals surface area contributed by atoms with E-state index < -0.39 is 24.4 Å². The molecule has 1 aromatic heterocycles. The third-order valence-electron chi connectivity index (χ3n) is 5.26. The smallest absolute Gasteiger partial charge is 0.449 e. The van der Waals surface area contributed by atoms with Crippen molar-refractivity contribution in [2.24, 2.45) is 5.16 Å². The second kappa shape index (κ2) is 8.03. The van der Waals surface area contributed by atoms with Gasteiger partial charge in [-0.2, -0.15) is 13.2 Å². The topological polar surface area (TPSA) is 68.1 Å². The van der Waals surface area contributed by atoms with E-state index in [1.165, 1.54) is 0 Å². The predicted molar refractivity (Wildman–Crippen MR) is 111 cm³/mol. The van der Waals surface area contributed by atoms with E-state index >= 15 is 0 Å². The minimum atomic E-state index is -4.85. The van der Waals surface area contributed by atoms with Crippen LogP contribution in [0, 0.1) is 0 Å². The van der Waals surface area contributed by atoms with Crippen LogP contribution in [0.4, 0.5) is 18.0 Å². The van der Waals surface area contributed by atoms with Gasteiger partial charge in [0.05, 0.1) is 26.4 Å². The van der Waals surface area contributed by atoms with Crippen molar-refractivity contribution in [2.75, 3.05) is 0 Å². The molecular weight excluding hydrogens is 502 g/mol. The predicted octanol–water partition coefficient (Wildman–Crippen LogP) is 7.23. The fraction of sp³-hybridized carbons (Fsp3) is 0.368. The van der Waals surface area contributed by atoms with Gasteiger partial charge in [0.1, 0.15) is 5.71 Å². The number of hydrogen-bond acceptors (Lipinski definition) is 5. The Balaban J connectivity index is 1.77. The van der Waals surface area contributed by atoms with Crippen LogP contribution in [0.25, 0.3) is 0 Å². The fourth-order valence-electron chi connectivity index (χ4n) is 3.81. The maximum atomic E-state index is 14.3. The van der Waals surface area contributed by atoms with Gasteiger partial charge in [0, 0.05) is 11.1 Å². The van der Waals surface area contributed by atoms with E-state index in [9.17, 15) is 18.0 Å². The van der Waals surface area contributed by atoms with Crippen LogP contribution >= 0.6 is 46.1 Å². The summed E-state index contributed by atoms with van der Waals surface area (Å²) in [5, 5.41) is 12.6. The molecule has 1 unspecified atom stereocenters. The van der Waals surface area contributed by atoms with Gasteiger partial charge in [0.25, 0.3) is 5.60 Å². The van der Waals surface area contributed by atoms with Crippen molar-refractivity contribution < 1.29 is 32.6 Å². The van der Waals surface area contributed by atoms with Gasteiger partial charge in [0.15, 0.2) is 5.06 Å². The Kier molecular flexibility index (Phi) is 5.83. The molecule has 1 aromatic carbocycles. The molecule has 0 saturated carbocycles. The lowest BCUT2D eigenvalue weighted by molar-refractivity contribution is -0.275. The Morgan fingerprint density at radius 1 is 1.16 bits per heavy atom. The molecule has 4 rings (SSSR count). The number of benzene rings is 1. The van der Waals surface area contributed by atoms with Crippen LogP contribution in [0.1, 0.15) is 40.8 Å². The highest BCUT2D eigenvalue weighted by molar-refractivity contribution is 7.16. The SMILES string of the molecule is O=C(O)Oc1sc(C2=NOC(c3cc(Cl)c(Cl)c(Cl)c3)(C(F)(F)F)C2)c2c1CCCC2. The van der Waals surface area contributed by atoms with Gasteiger partial charge < -0.3 is 14.7 Å². The van der Waals surface area contributed by atoms with Crippen LogP contribution in [0.2, 0.25) is 15.1 Å². The third-order valence-corrected chi connectivity index (χ3v) is 7.66. The van der Waals surface area contributed by atoms with Crippen molar-refractivity contribution in [2.45, 2.75) is 43.9 Å². The molecule has 2 aliphatic rings. The molecular formula is C19H13Cl3F3NO4S. The largest absolute Gasteiger partial charge is 0.512 e. The Morgan fingerprint density at radius 2 is 1.77 bits per heavy atom. The lowest BCUT2D eigenvalue weighted by Gasteiger charge is -2.30. The molecule has 1 aliphatic carbocycles. The maximum absolute atomic E-state index is 14.3. The molecule has 1 N–H and O–H groups in total. The highest BCUT2D eigenvalue weighted by Gasteiger charge is 2.62. The quantitative estimate of drug-likeness (QED) is 0.347. The molecule has 2 aromatic rings. The molecule has 12 heteroatoms. The monoisotopic (exact) mass is 513 g/mol. The van der Waals surface area contributed by atoms with Crippen molar-refractivity contribution >= 4 is 58.0 Å². The number of alkyl halides is 3. The third kappa shape index (κ3) is 3.86. The highest BCUT2D eigenvalue weighted by Crippen LogP contribution is 2.52. The Labute approximate surface area is 193 Å². The molecule has 1 atom stereocenters. The summed E-state index contributed by atoms with van der Waals surface area (Å²) in [5.74, 6) is 0.